The predicted molar refractivity (Wildman–Crippen MR) is 71.8 cm³/mol. The number of nitrogens with two attached hydrogens (primary N) is 1. The molecule has 0 radical (unpaired) electrons. The molecule has 0 fully saturated rings. The molecular weight excluding hydrogens is 210 g/mol. The predicted octanol–water partition coefficient (Wildman–Crippen LogP) is 2.23. The molecule has 0 aliphatic heterocycles. The Morgan fingerprint density at radius 2 is 2.12 bits per heavy atom. The average Bonchev–Trinajstić information content (AvgIpc) is 2.35. The van der Waals surface area contributed by atoms with E-state index >= 15 is 0 Å². The highest BCUT2D eigenvalue weighted by Gasteiger charge is 2.10. The van der Waals surface area contributed by atoms with Gasteiger partial charge in [-0.2, -0.15) is 0 Å². The van der Waals surface area contributed by atoms with Crippen molar-refractivity contribution in [3.05, 3.63) is 42.1 Å². The van der Waals surface area contributed by atoms with Gasteiger partial charge in [0.05, 0.1) is 5.52 Å². The zero-order valence-corrected chi connectivity index (χ0v) is 10.4. The van der Waals surface area contributed by atoms with Gasteiger partial charge in [-0.15, -0.1) is 0 Å². The van der Waals surface area contributed by atoms with Gasteiger partial charge in [0.15, 0.2) is 0 Å². The van der Waals surface area contributed by atoms with Crippen molar-refractivity contribution in [1.29, 1.82) is 0 Å². The zero-order valence-electron chi connectivity index (χ0n) is 10.4. The van der Waals surface area contributed by atoms with E-state index in [1.165, 1.54) is 5.56 Å². The van der Waals surface area contributed by atoms with Crippen molar-refractivity contribution in [3.8, 4) is 0 Å². The van der Waals surface area contributed by atoms with Crippen molar-refractivity contribution < 1.29 is 0 Å². The molecule has 0 amide bonds. The molecule has 3 nitrogen and oxygen atoms in total. The van der Waals surface area contributed by atoms with E-state index in [-0.39, 0.29) is 6.04 Å². The van der Waals surface area contributed by atoms with Crippen LogP contribution < -0.4 is 11.1 Å². The molecule has 1 atom stereocenters. The van der Waals surface area contributed by atoms with Crippen LogP contribution in [0.1, 0.15) is 25.5 Å². The van der Waals surface area contributed by atoms with Crippen LogP contribution >= 0.6 is 0 Å². The van der Waals surface area contributed by atoms with Gasteiger partial charge in [-0.1, -0.05) is 26.0 Å². The number of nitrogens with one attached hydrogen (secondary N) is 1. The van der Waals surface area contributed by atoms with Crippen LogP contribution in [-0.2, 0) is 0 Å². The van der Waals surface area contributed by atoms with Gasteiger partial charge in [0.25, 0.3) is 0 Å². The SMILES string of the molecule is CC(C)NC(CN)c1ccc2ncccc2c1. The van der Waals surface area contributed by atoms with E-state index in [2.05, 4.69) is 48.4 Å². The summed E-state index contributed by atoms with van der Waals surface area (Å²) in [7, 11) is 0. The molecule has 1 aromatic carbocycles. The number of rotatable bonds is 4. The van der Waals surface area contributed by atoms with E-state index in [1.807, 2.05) is 12.3 Å². The second kappa shape index (κ2) is 5.25. The van der Waals surface area contributed by atoms with Crippen LogP contribution in [0.25, 0.3) is 10.9 Å². The quantitative estimate of drug-likeness (QED) is 0.845. The molecule has 0 bridgehead atoms. The molecule has 1 unspecified atom stereocenters. The third-order valence-corrected chi connectivity index (χ3v) is 2.80. The molecule has 3 heteroatoms. The second-order valence-electron chi connectivity index (χ2n) is 4.57. The van der Waals surface area contributed by atoms with Crippen molar-refractivity contribution in [2.75, 3.05) is 6.54 Å². The number of pyridine rings is 1. The maximum atomic E-state index is 5.82. The van der Waals surface area contributed by atoms with Gasteiger partial charge < -0.3 is 11.1 Å². The summed E-state index contributed by atoms with van der Waals surface area (Å²) in [5.74, 6) is 0. The summed E-state index contributed by atoms with van der Waals surface area (Å²) in [5, 5.41) is 4.63. The summed E-state index contributed by atoms with van der Waals surface area (Å²) in [5.41, 5.74) is 8.07. The van der Waals surface area contributed by atoms with Crippen molar-refractivity contribution in [2.24, 2.45) is 5.73 Å². The highest BCUT2D eigenvalue weighted by Crippen LogP contribution is 2.18. The number of aromatic nitrogens is 1. The van der Waals surface area contributed by atoms with Gasteiger partial charge in [-0.3, -0.25) is 4.98 Å². The molecule has 2 rings (SSSR count). The van der Waals surface area contributed by atoms with Gasteiger partial charge in [0, 0.05) is 30.2 Å². The maximum absolute atomic E-state index is 5.82. The topological polar surface area (TPSA) is 50.9 Å². The molecule has 0 aliphatic rings. The van der Waals surface area contributed by atoms with Crippen LogP contribution in [-0.4, -0.2) is 17.6 Å². The lowest BCUT2D eigenvalue weighted by Gasteiger charge is -2.20. The molecule has 0 saturated carbocycles. The van der Waals surface area contributed by atoms with Gasteiger partial charge in [0.2, 0.25) is 0 Å². The van der Waals surface area contributed by atoms with Crippen LogP contribution in [0.15, 0.2) is 36.5 Å². The van der Waals surface area contributed by atoms with Crippen LogP contribution in [0.3, 0.4) is 0 Å². The molecule has 1 heterocycles. The Hall–Kier alpha value is -1.45. The van der Waals surface area contributed by atoms with Crippen molar-refractivity contribution in [1.82, 2.24) is 10.3 Å². The summed E-state index contributed by atoms with van der Waals surface area (Å²) in [4.78, 5) is 4.32. The van der Waals surface area contributed by atoms with Crippen molar-refractivity contribution >= 4 is 10.9 Å². The Bertz CT molecular complexity index is 494. The Morgan fingerprint density at radius 1 is 1.29 bits per heavy atom. The summed E-state index contributed by atoms with van der Waals surface area (Å²) in [6, 6.07) is 11.0. The first-order valence-electron chi connectivity index (χ1n) is 6.01. The minimum Gasteiger partial charge on any atom is -0.329 e. The van der Waals surface area contributed by atoms with Gasteiger partial charge in [-0.25, -0.2) is 0 Å². The van der Waals surface area contributed by atoms with E-state index in [0.29, 0.717) is 12.6 Å². The first kappa shape index (κ1) is 12.0. The molecule has 3 N–H and O–H groups in total. The van der Waals surface area contributed by atoms with Gasteiger partial charge >= 0.3 is 0 Å². The fourth-order valence-electron chi connectivity index (χ4n) is 2.01. The number of hydrogen-bond donors (Lipinski definition) is 2. The monoisotopic (exact) mass is 229 g/mol. The zero-order chi connectivity index (χ0) is 12.3. The normalized spacial score (nSPS) is 13.2. The number of nitrogens with zero attached hydrogens (tertiary/aromatic N) is 1. The third-order valence-electron chi connectivity index (χ3n) is 2.80. The summed E-state index contributed by atoms with van der Waals surface area (Å²) >= 11 is 0. The second-order valence-corrected chi connectivity index (χ2v) is 4.57. The highest BCUT2D eigenvalue weighted by atomic mass is 15.0. The molecular formula is C14H19N3. The summed E-state index contributed by atoms with van der Waals surface area (Å²) in [6.07, 6.45) is 1.81. The van der Waals surface area contributed by atoms with E-state index in [1.54, 1.807) is 0 Å². The fourth-order valence-corrected chi connectivity index (χ4v) is 2.01. The minimum atomic E-state index is 0.208. The van der Waals surface area contributed by atoms with Crippen LogP contribution in [0.5, 0.6) is 0 Å². The fraction of sp³-hybridized carbons (Fsp3) is 0.357. The average molecular weight is 229 g/mol. The maximum Gasteiger partial charge on any atom is 0.0702 e. The Morgan fingerprint density at radius 3 is 2.82 bits per heavy atom. The standard InChI is InChI=1S/C14H19N3/c1-10(2)17-14(9-15)12-5-6-13-11(8-12)4-3-7-16-13/h3-8,10,14,17H,9,15H2,1-2H3. The summed E-state index contributed by atoms with van der Waals surface area (Å²) in [6.45, 7) is 4.86. The highest BCUT2D eigenvalue weighted by molar-refractivity contribution is 5.79. The lowest BCUT2D eigenvalue weighted by atomic mass is 10.0. The molecule has 90 valence electrons. The molecule has 17 heavy (non-hydrogen) atoms. The van der Waals surface area contributed by atoms with E-state index < -0.39 is 0 Å². The molecule has 0 spiro atoms. The van der Waals surface area contributed by atoms with E-state index in [0.717, 1.165) is 10.9 Å². The van der Waals surface area contributed by atoms with E-state index in [4.69, 9.17) is 5.73 Å². The number of fused-ring (bicyclic) bond motifs is 1. The Kier molecular flexibility index (Phi) is 3.71. The molecule has 0 aliphatic carbocycles. The number of benzene rings is 1. The van der Waals surface area contributed by atoms with Gasteiger partial charge in [0.1, 0.15) is 0 Å². The Labute approximate surface area is 102 Å². The minimum absolute atomic E-state index is 0.208. The largest absolute Gasteiger partial charge is 0.329 e. The van der Waals surface area contributed by atoms with Gasteiger partial charge in [-0.05, 0) is 23.8 Å². The first-order valence-corrected chi connectivity index (χ1v) is 6.01. The number of hydrogen-bond acceptors (Lipinski definition) is 3. The first-order chi connectivity index (χ1) is 8.20. The van der Waals surface area contributed by atoms with E-state index in [9.17, 15) is 0 Å². The van der Waals surface area contributed by atoms with Crippen LogP contribution in [0.2, 0.25) is 0 Å². The lowest BCUT2D eigenvalue weighted by molar-refractivity contribution is 0.484. The molecule has 2 aromatic rings. The smallest absolute Gasteiger partial charge is 0.0702 e. The van der Waals surface area contributed by atoms with Crippen molar-refractivity contribution in [2.45, 2.75) is 25.9 Å². The van der Waals surface area contributed by atoms with Crippen molar-refractivity contribution in [3.63, 3.8) is 0 Å². The lowest BCUT2D eigenvalue weighted by Crippen LogP contribution is -2.33. The molecule has 1 aromatic heterocycles. The Balaban J connectivity index is 2.34. The molecule has 0 saturated heterocycles. The van der Waals surface area contributed by atoms with Crippen LogP contribution in [0.4, 0.5) is 0 Å². The van der Waals surface area contributed by atoms with Crippen LogP contribution in [0, 0.1) is 0 Å². The third kappa shape index (κ3) is 2.81. The summed E-state index contributed by atoms with van der Waals surface area (Å²) < 4.78 is 0.